The molecule has 1 amide bonds. The molecule has 1 aromatic carbocycles. The van der Waals surface area contributed by atoms with Crippen molar-refractivity contribution in [2.75, 3.05) is 11.4 Å². The van der Waals surface area contributed by atoms with E-state index < -0.39 is 0 Å². The predicted octanol–water partition coefficient (Wildman–Crippen LogP) is 2.33. The summed E-state index contributed by atoms with van der Waals surface area (Å²) in [5.41, 5.74) is 0.863. The average molecular weight is 220 g/mol. The maximum Gasteiger partial charge on any atom is 0.228 e. The zero-order chi connectivity index (χ0) is 10.8. The monoisotopic (exact) mass is 219 g/mol. The highest BCUT2D eigenvalue weighted by Gasteiger charge is 2.28. The molecule has 0 aromatic heterocycles. The van der Waals surface area contributed by atoms with Crippen molar-refractivity contribution in [1.82, 2.24) is 0 Å². The lowest BCUT2D eigenvalue weighted by Gasteiger charge is -2.15. The molecular weight excluding hydrogens is 210 g/mol. The lowest BCUT2D eigenvalue weighted by atomic mass is 10.1. The van der Waals surface area contributed by atoms with E-state index in [1.807, 2.05) is 12.1 Å². The van der Waals surface area contributed by atoms with E-state index in [0.29, 0.717) is 18.0 Å². The third kappa shape index (κ3) is 1.98. The highest BCUT2D eigenvalue weighted by atomic mass is 35.5. The molecule has 1 atom stereocenters. The Hall–Kier alpha value is -1.46. The topological polar surface area (TPSA) is 20.3 Å². The van der Waals surface area contributed by atoms with Crippen molar-refractivity contribution in [3.8, 4) is 12.3 Å². The average Bonchev–Trinajstić information content (AvgIpc) is 2.61. The molecule has 0 aliphatic carbocycles. The Morgan fingerprint density at radius 1 is 1.40 bits per heavy atom. The predicted molar refractivity (Wildman–Crippen MR) is 60.7 cm³/mol. The minimum Gasteiger partial charge on any atom is -0.311 e. The number of carbonyl (C=O) groups is 1. The quantitative estimate of drug-likeness (QED) is 0.664. The van der Waals surface area contributed by atoms with E-state index in [4.69, 9.17) is 18.0 Å². The summed E-state index contributed by atoms with van der Waals surface area (Å²) in [5.74, 6) is 2.74. The van der Waals surface area contributed by atoms with E-state index >= 15 is 0 Å². The van der Waals surface area contributed by atoms with E-state index in [-0.39, 0.29) is 11.8 Å². The van der Waals surface area contributed by atoms with Crippen molar-refractivity contribution in [1.29, 1.82) is 0 Å². The van der Waals surface area contributed by atoms with E-state index in [1.54, 1.807) is 17.0 Å². The summed E-state index contributed by atoms with van der Waals surface area (Å²) in [6, 6.07) is 7.21. The molecule has 0 bridgehead atoms. The van der Waals surface area contributed by atoms with Gasteiger partial charge in [0.15, 0.2) is 0 Å². The second-order valence-electron chi connectivity index (χ2n) is 3.55. The van der Waals surface area contributed by atoms with Crippen LogP contribution in [0.3, 0.4) is 0 Å². The Morgan fingerprint density at radius 2 is 2.07 bits per heavy atom. The lowest BCUT2D eigenvalue weighted by Crippen LogP contribution is -2.24. The Morgan fingerprint density at radius 3 is 2.60 bits per heavy atom. The van der Waals surface area contributed by atoms with Crippen LogP contribution in [-0.2, 0) is 4.79 Å². The number of amides is 1. The van der Waals surface area contributed by atoms with Gasteiger partial charge >= 0.3 is 0 Å². The van der Waals surface area contributed by atoms with Crippen LogP contribution < -0.4 is 4.90 Å². The van der Waals surface area contributed by atoms with Gasteiger partial charge in [0.1, 0.15) is 0 Å². The standard InChI is InChI=1S/C12H10ClNO/c1-2-9-7-12(15)14(8-9)11-5-3-10(13)4-6-11/h1,3-6,9H,7-8H2. The number of carbonyl (C=O) groups excluding carboxylic acids is 1. The zero-order valence-electron chi connectivity index (χ0n) is 8.11. The van der Waals surface area contributed by atoms with Crippen molar-refractivity contribution in [3.63, 3.8) is 0 Å². The summed E-state index contributed by atoms with van der Waals surface area (Å²) in [7, 11) is 0. The fourth-order valence-corrected chi connectivity index (χ4v) is 1.82. The molecule has 0 radical (unpaired) electrons. The first-order valence-electron chi connectivity index (χ1n) is 4.73. The molecule has 1 aromatic rings. The molecule has 76 valence electrons. The van der Waals surface area contributed by atoms with Gasteiger partial charge in [-0.1, -0.05) is 11.6 Å². The SMILES string of the molecule is C#CC1CC(=O)N(c2ccc(Cl)cc2)C1. The summed E-state index contributed by atoms with van der Waals surface area (Å²) >= 11 is 5.77. The number of terminal acetylenes is 1. The number of benzene rings is 1. The molecule has 0 saturated carbocycles. The largest absolute Gasteiger partial charge is 0.311 e. The first-order chi connectivity index (χ1) is 7.20. The minimum atomic E-state index is 0.0354. The summed E-state index contributed by atoms with van der Waals surface area (Å²) in [5, 5.41) is 0.666. The van der Waals surface area contributed by atoms with Crippen molar-refractivity contribution in [2.24, 2.45) is 5.92 Å². The van der Waals surface area contributed by atoms with Crippen LogP contribution >= 0.6 is 11.6 Å². The number of rotatable bonds is 1. The van der Waals surface area contributed by atoms with Crippen LogP contribution in [0.4, 0.5) is 5.69 Å². The molecular formula is C12H10ClNO. The number of anilines is 1. The Labute approximate surface area is 93.8 Å². The molecule has 1 saturated heterocycles. The zero-order valence-corrected chi connectivity index (χ0v) is 8.87. The molecule has 1 heterocycles. The van der Waals surface area contributed by atoms with E-state index in [9.17, 15) is 4.79 Å². The van der Waals surface area contributed by atoms with Crippen molar-refractivity contribution in [3.05, 3.63) is 29.3 Å². The van der Waals surface area contributed by atoms with Crippen molar-refractivity contribution in [2.45, 2.75) is 6.42 Å². The molecule has 0 spiro atoms. The third-order valence-corrected chi connectivity index (χ3v) is 2.75. The van der Waals surface area contributed by atoms with Gasteiger partial charge in [-0.25, -0.2) is 0 Å². The number of hydrogen-bond donors (Lipinski definition) is 0. The van der Waals surface area contributed by atoms with Gasteiger partial charge in [-0.3, -0.25) is 4.79 Å². The molecule has 1 fully saturated rings. The fraction of sp³-hybridized carbons (Fsp3) is 0.250. The van der Waals surface area contributed by atoms with Crippen LogP contribution in [0.2, 0.25) is 5.02 Å². The molecule has 0 N–H and O–H groups in total. The van der Waals surface area contributed by atoms with E-state index in [1.165, 1.54) is 0 Å². The number of hydrogen-bond acceptors (Lipinski definition) is 1. The van der Waals surface area contributed by atoms with Gasteiger partial charge in [0, 0.05) is 29.6 Å². The maximum absolute atomic E-state index is 11.6. The van der Waals surface area contributed by atoms with Gasteiger partial charge in [-0.2, -0.15) is 0 Å². The summed E-state index contributed by atoms with van der Waals surface area (Å²) in [6.45, 7) is 0.608. The maximum atomic E-state index is 11.6. The molecule has 2 nitrogen and oxygen atoms in total. The summed E-state index contributed by atoms with van der Waals surface area (Å²) in [4.78, 5) is 13.3. The minimum absolute atomic E-state index is 0.0354. The molecule has 15 heavy (non-hydrogen) atoms. The van der Waals surface area contributed by atoms with Crippen LogP contribution in [0.25, 0.3) is 0 Å². The second-order valence-corrected chi connectivity index (χ2v) is 3.98. The highest BCUT2D eigenvalue weighted by molar-refractivity contribution is 6.30. The normalized spacial score (nSPS) is 20.4. The second kappa shape index (κ2) is 3.96. The van der Waals surface area contributed by atoms with Gasteiger partial charge < -0.3 is 4.90 Å². The molecule has 3 heteroatoms. The van der Waals surface area contributed by atoms with Gasteiger partial charge in [-0.15, -0.1) is 12.3 Å². The first kappa shape index (κ1) is 10.1. The number of halogens is 1. The smallest absolute Gasteiger partial charge is 0.228 e. The Kier molecular flexibility index (Phi) is 2.66. The summed E-state index contributed by atoms with van der Waals surface area (Å²) in [6.07, 6.45) is 5.75. The third-order valence-electron chi connectivity index (χ3n) is 2.50. The fourth-order valence-electron chi connectivity index (χ4n) is 1.69. The van der Waals surface area contributed by atoms with Gasteiger partial charge in [-0.05, 0) is 24.3 Å². The Balaban J connectivity index is 2.22. The van der Waals surface area contributed by atoms with Crippen LogP contribution in [-0.4, -0.2) is 12.5 Å². The van der Waals surface area contributed by atoms with Crippen LogP contribution in [0.5, 0.6) is 0 Å². The summed E-state index contributed by atoms with van der Waals surface area (Å²) < 4.78 is 0. The lowest BCUT2D eigenvalue weighted by molar-refractivity contribution is -0.117. The van der Waals surface area contributed by atoms with E-state index in [2.05, 4.69) is 5.92 Å². The molecule has 1 aliphatic rings. The molecule has 1 aliphatic heterocycles. The van der Waals surface area contributed by atoms with Crippen LogP contribution in [0.1, 0.15) is 6.42 Å². The molecule has 1 unspecified atom stereocenters. The first-order valence-corrected chi connectivity index (χ1v) is 5.10. The van der Waals surface area contributed by atoms with Crippen molar-refractivity contribution >= 4 is 23.2 Å². The Bertz CT molecular complexity index is 418. The molecule has 2 rings (SSSR count). The van der Waals surface area contributed by atoms with Gasteiger partial charge in [0.2, 0.25) is 5.91 Å². The van der Waals surface area contributed by atoms with Crippen LogP contribution in [0, 0.1) is 18.3 Å². The van der Waals surface area contributed by atoms with Gasteiger partial charge in [0.25, 0.3) is 0 Å². The highest BCUT2D eigenvalue weighted by Crippen LogP contribution is 2.25. The van der Waals surface area contributed by atoms with E-state index in [0.717, 1.165) is 5.69 Å². The van der Waals surface area contributed by atoms with Crippen molar-refractivity contribution < 1.29 is 4.79 Å². The van der Waals surface area contributed by atoms with Crippen LogP contribution in [0.15, 0.2) is 24.3 Å². The van der Waals surface area contributed by atoms with Gasteiger partial charge in [0.05, 0.1) is 0 Å². The number of nitrogens with zero attached hydrogens (tertiary/aromatic N) is 1.